The molecule has 0 atom stereocenters. The maximum Gasteiger partial charge on any atom is 0.262 e. The summed E-state index contributed by atoms with van der Waals surface area (Å²) in [6.45, 7) is 1.11. The van der Waals surface area contributed by atoms with Crippen LogP contribution in [-0.2, 0) is 4.79 Å². The summed E-state index contributed by atoms with van der Waals surface area (Å²) >= 11 is 0. The minimum Gasteiger partial charge on any atom is -0.486 e. The number of ether oxygens (including phenoxy) is 5. The first-order valence-electron chi connectivity index (χ1n) is 7.50. The largest absolute Gasteiger partial charge is 0.486 e. The Balaban J connectivity index is 1.35. The number of anilines is 1. The van der Waals surface area contributed by atoms with E-state index in [-0.39, 0.29) is 19.3 Å². The summed E-state index contributed by atoms with van der Waals surface area (Å²) in [5.74, 6) is 2.84. The second kappa shape index (κ2) is 6.19. The van der Waals surface area contributed by atoms with Crippen LogP contribution >= 0.6 is 0 Å². The molecule has 0 radical (unpaired) electrons. The molecular formula is C17H15NO6. The molecule has 0 aromatic heterocycles. The second-order valence-corrected chi connectivity index (χ2v) is 5.21. The summed E-state index contributed by atoms with van der Waals surface area (Å²) in [5, 5.41) is 2.76. The van der Waals surface area contributed by atoms with Crippen LogP contribution in [0.2, 0.25) is 0 Å². The van der Waals surface area contributed by atoms with Gasteiger partial charge in [-0.2, -0.15) is 0 Å². The molecule has 0 aliphatic carbocycles. The number of hydrogen-bond acceptors (Lipinski definition) is 6. The number of amides is 1. The van der Waals surface area contributed by atoms with Crippen molar-refractivity contribution >= 4 is 11.6 Å². The Bertz CT molecular complexity index is 776. The quantitative estimate of drug-likeness (QED) is 0.927. The summed E-state index contributed by atoms with van der Waals surface area (Å²) in [4.78, 5) is 12.0. The number of carbonyl (C=O) groups is 1. The van der Waals surface area contributed by atoms with Crippen LogP contribution < -0.4 is 29.0 Å². The van der Waals surface area contributed by atoms with Crippen molar-refractivity contribution in [1.82, 2.24) is 0 Å². The average molecular weight is 329 g/mol. The van der Waals surface area contributed by atoms with Crippen molar-refractivity contribution in [2.75, 3.05) is 31.9 Å². The lowest BCUT2D eigenvalue weighted by atomic mass is 10.2. The highest BCUT2D eigenvalue weighted by atomic mass is 16.7. The van der Waals surface area contributed by atoms with Gasteiger partial charge in [0.15, 0.2) is 29.6 Å². The van der Waals surface area contributed by atoms with Crippen LogP contribution in [0.4, 0.5) is 5.69 Å². The van der Waals surface area contributed by atoms with Gasteiger partial charge in [-0.05, 0) is 24.3 Å². The minimum atomic E-state index is -0.274. The van der Waals surface area contributed by atoms with Crippen molar-refractivity contribution in [2.24, 2.45) is 0 Å². The van der Waals surface area contributed by atoms with Crippen LogP contribution in [0.5, 0.6) is 28.7 Å². The number of nitrogens with one attached hydrogen (secondary N) is 1. The molecule has 1 amide bonds. The number of hydrogen-bond donors (Lipinski definition) is 1. The normalized spacial score (nSPS) is 14.2. The van der Waals surface area contributed by atoms with E-state index in [1.165, 1.54) is 0 Å². The van der Waals surface area contributed by atoms with Gasteiger partial charge in [-0.3, -0.25) is 4.79 Å². The highest BCUT2D eigenvalue weighted by Gasteiger charge is 2.15. The molecule has 124 valence electrons. The summed E-state index contributed by atoms with van der Waals surface area (Å²) in [5.41, 5.74) is 0.624. The van der Waals surface area contributed by atoms with Gasteiger partial charge in [-0.1, -0.05) is 0 Å². The van der Waals surface area contributed by atoms with E-state index in [1.807, 2.05) is 0 Å². The molecule has 0 saturated carbocycles. The standard InChI is InChI=1S/C17H15NO6/c19-17(9-22-12-2-4-14-16(8-12)24-10-23-14)18-11-1-3-13-15(7-11)21-6-5-20-13/h1-4,7-8H,5-6,9-10H2,(H,18,19). The molecule has 1 N–H and O–H groups in total. The third-order valence-corrected chi connectivity index (χ3v) is 3.54. The molecule has 2 aromatic rings. The molecular weight excluding hydrogens is 314 g/mol. The Morgan fingerprint density at radius 2 is 1.62 bits per heavy atom. The highest BCUT2D eigenvalue weighted by Crippen LogP contribution is 2.35. The monoisotopic (exact) mass is 329 g/mol. The van der Waals surface area contributed by atoms with Gasteiger partial charge in [0.25, 0.3) is 5.91 Å². The Morgan fingerprint density at radius 3 is 2.54 bits per heavy atom. The van der Waals surface area contributed by atoms with Gasteiger partial charge in [0, 0.05) is 17.8 Å². The summed E-state index contributed by atoms with van der Waals surface area (Å²) in [6, 6.07) is 10.4. The molecule has 7 heteroatoms. The van der Waals surface area contributed by atoms with Crippen LogP contribution in [0.15, 0.2) is 36.4 Å². The smallest absolute Gasteiger partial charge is 0.262 e. The lowest BCUT2D eigenvalue weighted by Crippen LogP contribution is -2.20. The molecule has 7 nitrogen and oxygen atoms in total. The van der Waals surface area contributed by atoms with Gasteiger partial charge in [0.1, 0.15) is 19.0 Å². The predicted octanol–water partition coefficient (Wildman–Crippen LogP) is 2.20. The van der Waals surface area contributed by atoms with Crippen molar-refractivity contribution in [3.63, 3.8) is 0 Å². The van der Waals surface area contributed by atoms with Gasteiger partial charge in [-0.15, -0.1) is 0 Å². The van der Waals surface area contributed by atoms with E-state index < -0.39 is 0 Å². The SMILES string of the molecule is O=C(COc1ccc2c(c1)OCO2)Nc1ccc2c(c1)OCCO2. The van der Waals surface area contributed by atoms with Crippen molar-refractivity contribution in [1.29, 1.82) is 0 Å². The molecule has 2 heterocycles. The zero-order valence-corrected chi connectivity index (χ0v) is 12.7. The topological polar surface area (TPSA) is 75.3 Å². The van der Waals surface area contributed by atoms with E-state index in [1.54, 1.807) is 36.4 Å². The fraction of sp³-hybridized carbons (Fsp3) is 0.235. The molecule has 0 saturated heterocycles. The first kappa shape index (κ1) is 14.5. The van der Waals surface area contributed by atoms with Crippen molar-refractivity contribution in [3.8, 4) is 28.7 Å². The van der Waals surface area contributed by atoms with Crippen LogP contribution in [0.3, 0.4) is 0 Å². The van der Waals surface area contributed by atoms with E-state index in [2.05, 4.69) is 5.32 Å². The number of carbonyl (C=O) groups excluding carboxylic acids is 1. The fourth-order valence-corrected chi connectivity index (χ4v) is 2.43. The predicted molar refractivity (Wildman–Crippen MR) is 84.1 cm³/mol. The molecule has 0 unspecified atom stereocenters. The Morgan fingerprint density at radius 1 is 0.917 bits per heavy atom. The molecule has 0 bridgehead atoms. The Labute approximate surface area is 138 Å². The Kier molecular flexibility index (Phi) is 3.74. The summed E-state index contributed by atoms with van der Waals surface area (Å²) in [6.07, 6.45) is 0. The van der Waals surface area contributed by atoms with Crippen molar-refractivity contribution in [3.05, 3.63) is 36.4 Å². The molecule has 2 aliphatic heterocycles. The summed E-state index contributed by atoms with van der Waals surface area (Å²) in [7, 11) is 0. The zero-order valence-electron chi connectivity index (χ0n) is 12.7. The van der Waals surface area contributed by atoms with E-state index >= 15 is 0 Å². The van der Waals surface area contributed by atoms with E-state index in [0.29, 0.717) is 47.6 Å². The van der Waals surface area contributed by atoms with Crippen molar-refractivity contribution in [2.45, 2.75) is 0 Å². The van der Waals surface area contributed by atoms with Gasteiger partial charge >= 0.3 is 0 Å². The van der Waals surface area contributed by atoms with Gasteiger partial charge in [-0.25, -0.2) is 0 Å². The minimum absolute atomic E-state index is 0.117. The first-order chi connectivity index (χ1) is 11.8. The van der Waals surface area contributed by atoms with Gasteiger partial charge < -0.3 is 29.0 Å². The Hall–Kier alpha value is -3.09. The fourth-order valence-electron chi connectivity index (χ4n) is 2.43. The number of fused-ring (bicyclic) bond motifs is 2. The molecule has 2 aliphatic rings. The van der Waals surface area contributed by atoms with Gasteiger partial charge in [0.05, 0.1) is 0 Å². The molecule has 24 heavy (non-hydrogen) atoms. The molecule has 0 fully saturated rings. The highest BCUT2D eigenvalue weighted by molar-refractivity contribution is 5.92. The maximum atomic E-state index is 12.0. The first-order valence-corrected chi connectivity index (χ1v) is 7.50. The molecule has 0 spiro atoms. The lowest BCUT2D eigenvalue weighted by Gasteiger charge is -2.19. The second-order valence-electron chi connectivity index (χ2n) is 5.21. The number of benzene rings is 2. The van der Waals surface area contributed by atoms with E-state index in [0.717, 1.165) is 0 Å². The van der Waals surface area contributed by atoms with Crippen molar-refractivity contribution < 1.29 is 28.5 Å². The van der Waals surface area contributed by atoms with Crippen LogP contribution in [-0.4, -0.2) is 32.5 Å². The average Bonchev–Trinajstić information content (AvgIpc) is 3.07. The zero-order chi connectivity index (χ0) is 16.4. The maximum absolute atomic E-state index is 12.0. The third kappa shape index (κ3) is 3.01. The van der Waals surface area contributed by atoms with Crippen LogP contribution in [0.25, 0.3) is 0 Å². The van der Waals surface area contributed by atoms with E-state index in [4.69, 9.17) is 23.7 Å². The number of rotatable bonds is 4. The summed E-state index contributed by atoms with van der Waals surface area (Å²) < 4.78 is 26.9. The van der Waals surface area contributed by atoms with Crippen LogP contribution in [0, 0.1) is 0 Å². The van der Waals surface area contributed by atoms with E-state index in [9.17, 15) is 4.79 Å². The van der Waals surface area contributed by atoms with Crippen LogP contribution in [0.1, 0.15) is 0 Å². The molecule has 2 aromatic carbocycles. The van der Waals surface area contributed by atoms with Gasteiger partial charge in [0.2, 0.25) is 6.79 Å². The third-order valence-electron chi connectivity index (χ3n) is 3.54. The lowest BCUT2D eigenvalue weighted by molar-refractivity contribution is -0.118. The molecule has 4 rings (SSSR count).